The number of rotatable bonds is 4. The second-order valence-electron chi connectivity index (χ2n) is 8.58. The van der Waals surface area contributed by atoms with Crippen LogP contribution in [0.4, 0.5) is 5.69 Å². The molecule has 32 heavy (non-hydrogen) atoms. The second kappa shape index (κ2) is 11.6. The molecule has 3 aromatic rings. The van der Waals surface area contributed by atoms with Crippen molar-refractivity contribution in [3.8, 4) is 0 Å². The average Bonchev–Trinajstić information content (AvgIpc) is 3.43. The topological polar surface area (TPSA) is 82.8 Å². The molecule has 1 amide bonds. The molecule has 7 heteroatoms. The molecule has 0 spiro atoms. The van der Waals surface area contributed by atoms with Crippen LogP contribution in [0.5, 0.6) is 0 Å². The van der Waals surface area contributed by atoms with Crippen LogP contribution in [0, 0.1) is 12.8 Å². The van der Waals surface area contributed by atoms with E-state index in [1.165, 1.54) is 6.42 Å². The molecular formula is C25H37N5O2. The Hall–Kier alpha value is -2.93. The Morgan fingerprint density at radius 1 is 1.19 bits per heavy atom. The largest absolute Gasteiger partial charge is 0.394 e. The molecule has 2 aromatic heterocycles. The monoisotopic (exact) mass is 439 g/mol. The molecule has 2 N–H and O–H groups in total. The number of hydrogen-bond donors (Lipinski definition) is 2. The number of amides is 1. The van der Waals surface area contributed by atoms with Crippen molar-refractivity contribution in [2.24, 2.45) is 5.92 Å². The predicted octanol–water partition coefficient (Wildman–Crippen LogP) is 4.10. The SMILES string of the molecule is CC.Cc1cc(N2CC[C@@H](C)C2)cn2nc(C(=O)NC(C)(C)CO)nc12.c1ccccc1. The minimum Gasteiger partial charge on any atom is -0.394 e. The third kappa shape index (κ3) is 6.79. The van der Waals surface area contributed by atoms with Crippen molar-refractivity contribution in [1.82, 2.24) is 19.9 Å². The van der Waals surface area contributed by atoms with Gasteiger partial charge in [0.15, 0.2) is 5.65 Å². The van der Waals surface area contributed by atoms with Gasteiger partial charge in [-0.1, -0.05) is 57.2 Å². The number of benzene rings is 1. The van der Waals surface area contributed by atoms with E-state index < -0.39 is 5.54 Å². The highest BCUT2D eigenvalue weighted by atomic mass is 16.3. The summed E-state index contributed by atoms with van der Waals surface area (Å²) in [7, 11) is 0. The number of nitrogens with one attached hydrogen (secondary N) is 1. The summed E-state index contributed by atoms with van der Waals surface area (Å²) in [5.41, 5.74) is 2.07. The fraction of sp³-hybridized carbons (Fsp3) is 0.480. The minimum atomic E-state index is -0.708. The van der Waals surface area contributed by atoms with Crippen LogP contribution in [0.25, 0.3) is 5.65 Å². The highest BCUT2D eigenvalue weighted by Gasteiger charge is 2.24. The molecule has 0 unspecified atom stereocenters. The first-order chi connectivity index (χ1) is 15.3. The maximum Gasteiger partial charge on any atom is 0.291 e. The molecule has 1 atom stereocenters. The number of fused-ring (bicyclic) bond motifs is 1. The highest BCUT2D eigenvalue weighted by Crippen LogP contribution is 2.25. The highest BCUT2D eigenvalue weighted by molar-refractivity contribution is 5.91. The molecule has 0 radical (unpaired) electrons. The van der Waals surface area contributed by atoms with E-state index in [4.69, 9.17) is 0 Å². The van der Waals surface area contributed by atoms with Crippen LogP contribution in [-0.4, -0.2) is 50.8 Å². The van der Waals surface area contributed by atoms with Crippen molar-refractivity contribution in [2.45, 2.75) is 53.5 Å². The van der Waals surface area contributed by atoms with Crippen LogP contribution < -0.4 is 10.2 Å². The summed E-state index contributed by atoms with van der Waals surface area (Å²) in [5.74, 6) is 0.430. The summed E-state index contributed by atoms with van der Waals surface area (Å²) in [6.45, 7) is 13.7. The zero-order valence-electron chi connectivity index (χ0n) is 20.2. The van der Waals surface area contributed by atoms with Gasteiger partial charge < -0.3 is 15.3 Å². The van der Waals surface area contributed by atoms with Crippen molar-refractivity contribution in [1.29, 1.82) is 0 Å². The summed E-state index contributed by atoms with van der Waals surface area (Å²) < 4.78 is 1.68. The average molecular weight is 440 g/mol. The van der Waals surface area contributed by atoms with Crippen molar-refractivity contribution in [3.05, 3.63) is 60.0 Å². The van der Waals surface area contributed by atoms with Gasteiger partial charge in [-0.05, 0) is 44.7 Å². The zero-order chi connectivity index (χ0) is 23.7. The van der Waals surface area contributed by atoms with E-state index in [1.807, 2.05) is 63.4 Å². The van der Waals surface area contributed by atoms with Gasteiger partial charge in [-0.3, -0.25) is 4.79 Å². The third-order valence-corrected chi connectivity index (χ3v) is 5.11. The molecule has 174 valence electrons. The zero-order valence-corrected chi connectivity index (χ0v) is 20.2. The summed E-state index contributed by atoms with van der Waals surface area (Å²) in [4.78, 5) is 19.0. The van der Waals surface area contributed by atoms with Crippen LogP contribution >= 0.6 is 0 Å². The third-order valence-electron chi connectivity index (χ3n) is 5.11. The number of nitrogens with zero attached hydrogens (tertiary/aromatic N) is 4. The number of hydrogen-bond acceptors (Lipinski definition) is 5. The Morgan fingerprint density at radius 2 is 1.78 bits per heavy atom. The van der Waals surface area contributed by atoms with Crippen LogP contribution in [-0.2, 0) is 0 Å². The molecule has 4 rings (SSSR count). The normalized spacial score (nSPS) is 15.5. The molecule has 0 aliphatic carbocycles. The first kappa shape index (κ1) is 25.3. The number of aromatic nitrogens is 3. The van der Waals surface area contributed by atoms with Gasteiger partial charge in [-0.25, -0.2) is 9.50 Å². The minimum absolute atomic E-state index is 0.117. The summed E-state index contributed by atoms with van der Waals surface area (Å²) in [6.07, 6.45) is 3.12. The quantitative estimate of drug-likeness (QED) is 0.640. The Balaban J connectivity index is 0.000000387. The lowest BCUT2D eigenvalue weighted by Crippen LogP contribution is -2.46. The predicted molar refractivity (Wildman–Crippen MR) is 130 cm³/mol. The van der Waals surface area contributed by atoms with Gasteiger partial charge in [-0.2, -0.15) is 0 Å². The number of aliphatic hydroxyl groups excluding tert-OH is 1. The standard InChI is InChI=1S/C17H25N5O2.C6H6.C2H6/c1-11-5-6-21(8-11)13-7-12(2)15-18-14(20-22(15)9-13)16(24)19-17(3,4)10-23;1-2-4-6-5-3-1;1-2/h7,9,11,23H,5-6,8,10H2,1-4H3,(H,19,24);1-6H;1-2H3/t11-;;/m1../s1. The lowest BCUT2D eigenvalue weighted by molar-refractivity contribution is 0.0859. The number of pyridine rings is 1. The number of carbonyl (C=O) groups excluding carboxylic acids is 1. The van der Waals surface area contributed by atoms with Crippen LogP contribution in [0.2, 0.25) is 0 Å². The van der Waals surface area contributed by atoms with Gasteiger partial charge in [0.2, 0.25) is 5.82 Å². The number of anilines is 1. The van der Waals surface area contributed by atoms with Gasteiger partial charge in [0, 0.05) is 13.1 Å². The van der Waals surface area contributed by atoms with Gasteiger partial charge in [0.05, 0.1) is 24.0 Å². The number of carbonyl (C=O) groups is 1. The molecule has 1 fully saturated rings. The Morgan fingerprint density at radius 3 is 2.28 bits per heavy atom. The van der Waals surface area contributed by atoms with Crippen LogP contribution in [0.15, 0.2) is 48.7 Å². The lowest BCUT2D eigenvalue weighted by Gasteiger charge is -2.22. The second-order valence-corrected chi connectivity index (χ2v) is 8.58. The fourth-order valence-corrected chi connectivity index (χ4v) is 3.36. The van der Waals surface area contributed by atoms with Crippen molar-refractivity contribution in [2.75, 3.05) is 24.6 Å². The summed E-state index contributed by atoms with van der Waals surface area (Å²) >= 11 is 0. The Labute approximate surface area is 191 Å². The fourth-order valence-electron chi connectivity index (χ4n) is 3.36. The molecule has 1 saturated heterocycles. The van der Waals surface area contributed by atoms with E-state index in [0.717, 1.165) is 24.3 Å². The molecule has 1 aromatic carbocycles. The first-order valence-electron chi connectivity index (χ1n) is 11.3. The van der Waals surface area contributed by atoms with Gasteiger partial charge in [-0.15, -0.1) is 5.10 Å². The van der Waals surface area contributed by atoms with Gasteiger partial charge in [0.25, 0.3) is 5.91 Å². The van der Waals surface area contributed by atoms with Crippen molar-refractivity contribution < 1.29 is 9.90 Å². The summed E-state index contributed by atoms with van der Waals surface area (Å²) in [5, 5.41) is 16.4. The van der Waals surface area contributed by atoms with E-state index >= 15 is 0 Å². The smallest absolute Gasteiger partial charge is 0.291 e. The number of aliphatic hydroxyl groups is 1. The first-order valence-corrected chi connectivity index (χ1v) is 11.3. The lowest BCUT2D eigenvalue weighted by atomic mass is 10.1. The Kier molecular flexibility index (Phi) is 9.20. The van der Waals surface area contributed by atoms with Gasteiger partial charge >= 0.3 is 0 Å². The Bertz CT molecular complexity index is 958. The number of aryl methyl sites for hydroxylation is 1. The molecule has 0 bridgehead atoms. The molecule has 7 nitrogen and oxygen atoms in total. The summed E-state index contributed by atoms with van der Waals surface area (Å²) in [6, 6.07) is 14.1. The molecular weight excluding hydrogens is 402 g/mol. The van der Waals surface area contributed by atoms with E-state index in [9.17, 15) is 9.90 Å². The van der Waals surface area contributed by atoms with E-state index in [2.05, 4.69) is 33.3 Å². The molecule has 1 aliphatic rings. The maximum absolute atomic E-state index is 12.3. The van der Waals surface area contributed by atoms with Crippen molar-refractivity contribution >= 4 is 17.2 Å². The molecule has 0 saturated carbocycles. The van der Waals surface area contributed by atoms with E-state index in [-0.39, 0.29) is 18.3 Å². The maximum atomic E-state index is 12.3. The van der Waals surface area contributed by atoms with Gasteiger partial charge in [0.1, 0.15) is 0 Å². The van der Waals surface area contributed by atoms with Crippen molar-refractivity contribution in [3.63, 3.8) is 0 Å². The van der Waals surface area contributed by atoms with Crippen LogP contribution in [0.1, 0.15) is 57.2 Å². The van der Waals surface area contributed by atoms with Crippen LogP contribution in [0.3, 0.4) is 0 Å². The molecule has 1 aliphatic heterocycles. The molecule has 3 heterocycles. The van der Waals surface area contributed by atoms with E-state index in [0.29, 0.717) is 11.6 Å². The van der Waals surface area contributed by atoms with E-state index in [1.54, 1.807) is 18.4 Å².